The molecule has 0 aliphatic rings. The number of nitrogen functional groups attached to an aromatic ring is 1. The maximum atomic E-state index is 11.1. The smallest absolute Gasteiger partial charge is 0.249 e. The Morgan fingerprint density at radius 1 is 1.47 bits per heavy atom. The second-order valence-electron chi connectivity index (χ2n) is 3.67. The first-order chi connectivity index (χ1) is 7.99. The van der Waals surface area contributed by atoms with Gasteiger partial charge in [-0.05, 0) is 41.1 Å². The Bertz CT molecular complexity index is 572. The minimum atomic E-state index is -0.473. The molecule has 0 fully saturated rings. The van der Waals surface area contributed by atoms with Crippen LogP contribution in [-0.4, -0.2) is 15.7 Å². The molecule has 2 rings (SSSR count). The zero-order chi connectivity index (χ0) is 12.6. The van der Waals surface area contributed by atoms with E-state index in [4.69, 9.17) is 11.5 Å². The molecule has 88 valence electrons. The van der Waals surface area contributed by atoms with Gasteiger partial charge in [0.15, 0.2) is 0 Å². The van der Waals surface area contributed by atoms with E-state index in [0.29, 0.717) is 15.9 Å². The van der Waals surface area contributed by atoms with Crippen molar-refractivity contribution in [1.82, 2.24) is 9.78 Å². The number of halogens is 1. The van der Waals surface area contributed by atoms with Crippen molar-refractivity contribution in [3.63, 3.8) is 0 Å². The summed E-state index contributed by atoms with van der Waals surface area (Å²) in [6, 6.07) is 5.18. The third-order valence-corrected chi connectivity index (χ3v) is 3.07. The van der Waals surface area contributed by atoms with Gasteiger partial charge in [-0.2, -0.15) is 5.10 Å². The number of benzene rings is 1. The lowest BCUT2D eigenvalue weighted by molar-refractivity contribution is 0.0999. The van der Waals surface area contributed by atoms with Gasteiger partial charge >= 0.3 is 0 Å². The molecule has 1 heterocycles. The molecule has 1 amide bonds. The molecule has 2 aromatic rings. The molecule has 0 atom stereocenters. The standard InChI is InChI=1S/C11H11BrN4O/c1-6-5-16(15-10(6)13)7-2-3-8(11(14)17)9(12)4-7/h2-5H,1H3,(H2,13,15)(H2,14,17). The molecule has 1 aromatic heterocycles. The van der Waals surface area contributed by atoms with E-state index in [1.165, 1.54) is 0 Å². The van der Waals surface area contributed by atoms with Gasteiger partial charge in [0, 0.05) is 16.2 Å². The fraction of sp³-hybridized carbons (Fsp3) is 0.0909. The summed E-state index contributed by atoms with van der Waals surface area (Å²) in [5.41, 5.74) is 13.0. The summed E-state index contributed by atoms with van der Waals surface area (Å²) >= 11 is 3.30. The number of carbonyl (C=O) groups is 1. The van der Waals surface area contributed by atoms with Crippen LogP contribution in [0.3, 0.4) is 0 Å². The van der Waals surface area contributed by atoms with Crippen molar-refractivity contribution in [3.05, 3.63) is 40.0 Å². The van der Waals surface area contributed by atoms with E-state index in [-0.39, 0.29) is 0 Å². The molecule has 1 aromatic carbocycles. The number of hydrogen-bond donors (Lipinski definition) is 2. The van der Waals surface area contributed by atoms with Crippen LogP contribution < -0.4 is 11.5 Å². The first-order valence-electron chi connectivity index (χ1n) is 4.90. The fourth-order valence-corrected chi connectivity index (χ4v) is 2.01. The van der Waals surface area contributed by atoms with Gasteiger partial charge in [0.25, 0.3) is 0 Å². The highest BCUT2D eigenvalue weighted by atomic mass is 79.9. The van der Waals surface area contributed by atoms with E-state index in [1.54, 1.807) is 22.9 Å². The molecule has 0 saturated heterocycles. The summed E-state index contributed by atoms with van der Waals surface area (Å²) in [6.07, 6.45) is 1.82. The highest BCUT2D eigenvalue weighted by Crippen LogP contribution is 2.21. The molecular formula is C11H11BrN4O. The molecule has 0 spiro atoms. The molecule has 5 nitrogen and oxygen atoms in total. The largest absolute Gasteiger partial charge is 0.382 e. The monoisotopic (exact) mass is 294 g/mol. The number of hydrogen-bond acceptors (Lipinski definition) is 3. The third-order valence-electron chi connectivity index (χ3n) is 2.42. The molecular weight excluding hydrogens is 284 g/mol. The average molecular weight is 295 g/mol. The van der Waals surface area contributed by atoms with Gasteiger partial charge in [0.05, 0.1) is 11.3 Å². The van der Waals surface area contributed by atoms with E-state index in [1.807, 2.05) is 13.1 Å². The number of carbonyl (C=O) groups excluding carboxylic acids is 1. The normalized spacial score (nSPS) is 10.5. The Labute approximate surface area is 107 Å². The number of nitrogens with zero attached hydrogens (tertiary/aromatic N) is 2. The van der Waals surface area contributed by atoms with Crippen molar-refractivity contribution < 1.29 is 4.79 Å². The van der Waals surface area contributed by atoms with Crippen molar-refractivity contribution in [1.29, 1.82) is 0 Å². The zero-order valence-corrected chi connectivity index (χ0v) is 10.7. The van der Waals surface area contributed by atoms with Crippen LogP contribution >= 0.6 is 15.9 Å². The SMILES string of the molecule is Cc1cn(-c2ccc(C(N)=O)c(Br)c2)nc1N. The van der Waals surface area contributed by atoms with Crippen LogP contribution in [0.2, 0.25) is 0 Å². The van der Waals surface area contributed by atoms with E-state index in [2.05, 4.69) is 21.0 Å². The number of anilines is 1. The Morgan fingerprint density at radius 2 is 2.18 bits per heavy atom. The minimum Gasteiger partial charge on any atom is -0.382 e. The summed E-state index contributed by atoms with van der Waals surface area (Å²) in [5.74, 6) is 0.0136. The van der Waals surface area contributed by atoms with Gasteiger partial charge in [-0.1, -0.05) is 0 Å². The van der Waals surface area contributed by atoms with E-state index < -0.39 is 5.91 Å². The summed E-state index contributed by atoms with van der Waals surface area (Å²) in [7, 11) is 0. The minimum absolute atomic E-state index is 0.436. The Balaban J connectivity index is 2.47. The van der Waals surface area contributed by atoms with Gasteiger partial charge < -0.3 is 11.5 Å². The molecule has 0 unspecified atom stereocenters. The number of aromatic nitrogens is 2. The zero-order valence-electron chi connectivity index (χ0n) is 9.14. The number of amides is 1. The quantitative estimate of drug-likeness (QED) is 0.882. The van der Waals surface area contributed by atoms with E-state index in [9.17, 15) is 4.79 Å². The molecule has 17 heavy (non-hydrogen) atoms. The van der Waals surface area contributed by atoms with Crippen molar-refractivity contribution in [2.75, 3.05) is 5.73 Å². The van der Waals surface area contributed by atoms with E-state index >= 15 is 0 Å². The predicted octanol–water partition coefficient (Wildman–Crippen LogP) is 1.62. The first kappa shape index (κ1) is 11.7. The van der Waals surface area contributed by atoms with Gasteiger partial charge in [-0.15, -0.1) is 0 Å². The lowest BCUT2D eigenvalue weighted by Crippen LogP contribution is -2.12. The maximum Gasteiger partial charge on any atom is 0.249 e. The van der Waals surface area contributed by atoms with Crippen molar-refractivity contribution in [2.24, 2.45) is 5.73 Å². The lowest BCUT2D eigenvalue weighted by atomic mass is 10.2. The van der Waals surface area contributed by atoms with Crippen LogP contribution in [0.5, 0.6) is 0 Å². The Kier molecular flexibility index (Phi) is 2.89. The van der Waals surface area contributed by atoms with Crippen LogP contribution in [0.4, 0.5) is 5.82 Å². The van der Waals surface area contributed by atoms with Gasteiger partial charge in [-0.25, -0.2) is 4.68 Å². The fourth-order valence-electron chi connectivity index (χ4n) is 1.45. The highest BCUT2D eigenvalue weighted by Gasteiger charge is 2.09. The van der Waals surface area contributed by atoms with Crippen LogP contribution in [0.25, 0.3) is 5.69 Å². The number of rotatable bonds is 2. The molecule has 6 heteroatoms. The van der Waals surface area contributed by atoms with Crippen LogP contribution in [-0.2, 0) is 0 Å². The molecule has 0 saturated carbocycles. The molecule has 4 N–H and O–H groups in total. The van der Waals surface area contributed by atoms with E-state index in [0.717, 1.165) is 11.3 Å². The van der Waals surface area contributed by atoms with Gasteiger partial charge in [0.1, 0.15) is 5.82 Å². The molecule has 0 aliphatic heterocycles. The molecule has 0 radical (unpaired) electrons. The Hall–Kier alpha value is -1.82. The molecule has 0 bridgehead atoms. The van der Waals surface area contributed by atoms with Crippen molar-refractivity contribution in [3.8, 4) is 5.69 Å². The van der Waals surface area contributed by atoms with Gasteiger partial charge in [-0.3, -0.25) is 4.79 Å². The van der Waals surface area contributed by atoms with Gasteiger partial charge in [0.2, 0.25) is 5.91 Å². The lowest BCUT2D eigenvalue weighted by Gasteiger charge is -2.04. The number of primary amides is 1. The van der Waals surface area contributed by atoms with Crippen LogP contribution in [0.15, 0.2) is 28.9 Å². The highest BCUT2D eigenvalue weighted by molar-refractivity contribution is 9.10. The number of nitrogens with two attached hydrogens (primary N) is 2. The second kappa shape index (κ2) is 4.21. The summed E-state index contributed by atoms with van der Waals surface area (Å²) in [6.45, 7) is 1.88. The summed E-state index contributed by atoms with van der Waals surface area (Å²) < 4.78 is 2.29. The predicted molar refractivity (Wildman–Crippen MR) is 68.9 cm³/mol. The topological polar surface area (TPSA) is 86.9 Å². The summed E-state index contributed by atoms with van der Waals surface area (Å²) in [5, 5.41) is 4.15. The maximum absolute atomic E-state index is 11.1. The number of aryl methyl sites for hydroxylation is 1. The average Bonchev–Trinajstić information content (AvgIpc) is 2.58. The Morgan fingerprint density at radius 3 is 2.65 bits per heavy atom. The van der Waals surface area contributed by atoms with Crippen LogP contribution in [0, 0.1) is 6.92 Å². The third kappa shape index (κ3) is 2.16. The molecule has 0 aliphatic carbocycles. The van der Waals surface area contributed by atoms with Crippen LogP contribution in [0.1, 0.15) is 15.9 Å². The summed E-state index contributed by atoms with van der Waals surface area (Å²) in [4.78, 5) is 11.1. The van der Waals surface area contributed by atoms with Crippen molar-refractivity contribution in [2.45, 2.75) is 6.92 Å². The first-order valence-corrected chi connectivity index (χ1v) is 5.70. The van der Waals surface area contributed by atoms with Crippen molar-refractivity contribution >= 4 is 27.7 Å². The second-order valence-corrected chi connectivity index (χ2v) is 4.52.